The van der Waals surface area contributed by atoms with Crippen LogP contribution in [-0.2, 0) is 17.1 Å². The Balaban J connectivity index is 2.04. The normalized spacial score (nSPS) is 17.4. The van der Waals surface area contributed by atoms with E-state index < -0.39 is 22.0 Å². The molecular weight excluding hydrogens is 364 g/mol. The summed E-state index contributed by atoms with van der Waals surface area (Å²) in [5.41, 5.74) is 2.23. The first-order valence-electron chi connectivity index (χ1n) is 8.11. The molecule has 8 heteroatoms. The number of hydrogen-bond donors (Lipinski definition) is 2. The second kappa shape index (κ2) is 6.87. The molecule has 1 aliphatic heterocycles. The Morgan fingerprint density at radius 3 is 2.85 bits per heavy atom. The lowest BCUT2D eigenvalue weighted by Gasteiger charge is -2.09. The van der Waals surface area contributed by atoms with Crippen LogP contribution in [0, 0.1) is 18.3 Å². The van der Waals surface area contributed by atoms with Gasteiger partial charge in [-0.25, -0.2) is 13.1 Å². The number of carbonyl (C=O) groups excluding carboxylic acids is 1. The Bertz CT molecular complexity index is 1120. The Hall–Kier alpha value is -3.15. The number of nitrogens with zero attached hydrogens (tertiary/aromatic N) is 2. The van der Waals surface area contributed by atoms with Gasteiger partial charge in [0.05, 0.1) is 17.7 Å². The molecule has 138 valence electrons. The monoisotopic (exact) mass is 382 g/mol. The molecule has 1 aromatic carbocycles. The molecular formula is C19H18N4O3S. The number of carbonyl (C=O) groups is 1. The van der Waals surface area contributed by atoms with Gasteiger partial charge in [-0.15, -0.1) is 6.58 Å². The summed E-state index contributed by atoms with van der Waals surface area (Å²) >= 11 is 0. The minimum absolute atomic E-state index is 0.0253. The van der Waals surface area contributed by atoms with Gasteiger partial charge in [-0.05, 0) is 24.6 Å². The van der Waals surface area contributed by atoms with E-state index in [1.165, 1.54) is 16.8 Å². The molecule has 0 fully saturated rings. The molecule has 0 saturated heterocycles. The molecule has 1 aromatic heterocycles. The number of sulfonamides is 1. The summed E-state index contributed by atoms with van der Waals surface area (Å²) in [6.07, 6.45) is 6.10. The van der Waals surface area contributed by atoms with Gasteiger partial charge in [0.25, 0.3) is 5.91 Å². The number of nitrogens with one attached hydrogen (secondary N) is 2. The highest BCUT2D eigenvalue weighted by Crippen LogP contribution is 2.27. The molecule has 1 aliphatic rings. The van der Waals surface area contributed by atoms with Crippen molar-refractivity contribution in [2.75, 3.05) is 5.32 Å². The number of benzene rings is 1. The lowest BCUT2D eigenvalue weighted by atomic mass is 10.1. The lowest BCUT2D eigenvalue weighted by Crippen LogP contribution is -2.30. The molecule has 7 nitrogen and oxygen atoms in total. The van der Waals surface area contributed by atoms with E-state index in [1.54, 1.807) is 44.3 Å². The van der Waals surface area contributed by atoms with E-state index in [4.69, 9.17) is 5.26 Å². The van der Waals surface area contributed by atoms with Gasteiger partial charge >= 0.3 is 0 Å². The zero-order valence-corrected chi connectivity index (χ0v) is 15.7. The van der Waals surface area contributed by atoms with E-state index in [1.807, 2.05) is 0 Å². The molecule has 0 bridgehead atoms. The molecule has 1 atom stereocenters. The van der Waals surface area contributed by atoms with Crippen LogP contribution in [0.25, 0.3) is 6.08 Å². The van der Waals surface area contributed by atoms with Crippen LogP contribution in [0.15, 0.2) is 48.0 Å². The van der Waals surface area contributed by atoms with Crippen molar-refractivity contribution in [3.05, 3.63) is 65.5 Å². The van der Waals surface area contributed by atoms with Crippen LogP contribution in [-0.4, -0.2) is 24.9 Å². The van der Waals surface area contributed by atoms with E-state index in [2.05, 4.69) is 22.7 Å². The number of anilines is 1. The summed E-state index contributed by atoms with van der Waals surface area (Å²) in [5, 5.41) is 11.9. The molecule has 0 spiro atoms. The summed E-state index contributed by atoms with van der Waals surface area (Å²) in [7, 11) is -2.19. The predicted octanol–water partition coefficient (Wildman–Crippen LogP) is 2.32. The molecule has 3 rings (SSSR count). The average molecular weight is 382 g/mol. The lowest BCUT2D eigenvalue weighted by molar-refractivity contribution is 0.101. The van der Waals surface area contributed by atoms with E-state index in [0.29, 0.717) is 16.8 Å². The molecule has 0 radical (unpaired) electrons. The van der Waals surface area contributed by atoms with Gasteiger partial charge < -0.3 is 9.88 Å². The Kier molecular flexibility index (Phi) is 4.74. The maximum Gasteiger partial charge on any atom is 0.272 e. The van der Waals surface area contributed by atoms with E-state index >= 15 is 0 Å². The van der Waals surface area contributed by atoms with Gasteiger partial charge in [0.2, 0.25) is 10.0 Å². The molecule has 27 heavy (non-hydrogen) atoms. The van der Waals surface area contributed by atoms with Crippen LogP contribution in [0.5, 0.6) is 0 Å². The summed E-state index contributed by atoms with van der Waals surface area (Å²) in [6, 6.07) is 6.52. The highest BCUT2D eigenvalue weighted by Gasteiger charge is 2.29. The van der Waals surface area contributed by atoms with Crippen LogP contribution in [0.3, 0.4) is 0 Å². The Morgan fingerprint density at radius 2 is 2.19 bits per heavy atom. The molecule has 2 heterocycles. The van der Waals surface area contributed by atoms with Crippen LogP contribution >= 0.6 is 0 Å². The maximum absolute atomic E-state index is 12.8. The quantitative estimate of drug-likeness (QED) is 0.795. The molecule has 0 unspecified atom stereocenters. The van der Waals surface area contributed by atoms with Crippen molar-refractivity contribution in [3.8, 4) is 6.07 Å². The van der Waals surface area contributed by atoms with Crippen LogP contribution in [0.1, 0.15) is 27.2 Å². The van der Waals surface area contributed by atoms with Crippen LogP contribution < -0.4 is 10.0 Å². The number of aryl methyl sites for hydroxylation is 2. The fourth-order valence-electron chi connectivity index (χ4n) is 2.89. The van der Waals surface area contributed by atoms with Crippen LogP contribution in [0.2, 0.25) is 0 Å². The largest absolute Gasteiger partial charge is 0.345 e. The second-order valence-electron chi connectivity index (χ2n) is 6.20. The van der Waals surface area contributed by atoms with E-state index in [9.17, 15) is 13.2 Å². The van der Waals surface area contributed by atoms with Crippen molar-refractivity contribution in [2.24, 2.45) is 7.05 Å². The Labute approximate surface area is 157 Å². The smallest absolute Gasteiger partial charge is 0.272 e. The van der Waals surface area contributed by atoms with Crippen molar-refractivity contribution >= 4 is 27.7 Å². The molecule has 0 saturated carbocycles. The summed E-state index contributed by atoms with van der Waals surface area (Å²) in [5.74, 6) is -0.469. The fraction of sp³-hybridized carbons (Fsp3) is 0.158. The van der Waals surface area contributed by atoms with Crippen molar-refractivity contribution in [2.45, 2.75) is 17.9 Å². The summed E-state index contributed by atoms with van der Waals surface area (Å²) < 4.78 is 29.1. The maximum atomic E-state index is 12.8. The number of rotatable bonds is 3. The first kappa shape index (κ1) is 18.6. The minimum Gasteiger partial charge on any atom is -0.345 e. The second-order valence-corrected chi connectivity index (χ2v) is 7.89. The highest BCUT2D eigenvalue weighted by molar-refractivity contribution is 7.89. The number of nitriles is 1. The van der Waals surface area contributed by atoms with Crippen molar-refractivity contribution in [1.82, 2.24) is 9.29 Å². The standard InChI is InChI=1S/C19H18N4O3S/c1-4-14-7-8-16-17(27(25,26)22-14)11-23(3)18(16)19(24)21-15-6-5-12(2)13(9-15)10-20/h4-9,11,14,22H,1H2,2-3H3,(H,21,24)/t14-/m1/s1. The topological polar surface area (TPSA) is 104 Å². The zero-order valence-electron chi connectivity index (χ0n) is 14.9. The zero-order chi connectivity index (χ0) is 19.8. The number of amides is 1. The SMILES string of the molecule is C=C[C@@H]1C=Cc2c(cn(C)c2C(=O)Nc2ccc(C)c(C#N)c2)S(=O)(=O)N1. The third kappa shape index (κ3) is 3.43. The predicted molar refractivity (Wildman–Crippen MR) is 103 cm³/mol. The van der Waals surface area contributed by atoms with Crippen molar-refractivity contribution in [1.29, 1.82) is 5.26 Å². The van der Waals surface area contributed by atoms with Crippen LogP contribution in [0.4, 0.5) is 5.69 Å². The highest BCUT2D eigenvalue weighted by atomic mass is 32.2. The summed E-state index contributed by atoms with van der Waals surface area (Å²) in [4.78, 5) is 12.9. The number of hydrogen-bond acceptors (Lipinski definition) is 4. The van der Waals surface area contributed by atoms with Crippen molar-refractivity contribution in [3.63, 3.8) is 0 Å². The Morgan fingerprint density at radius 1 is 1.44 bits per heavy atom. The third-order valence-corrected chi connectivity index (χ3v) is 5.81. The fourth-order valence-corrected chi connectivity index (χ4v) is 4.30. The van der Waals surface area contributed by atoms with E-state index in [-0.39, 0.29) is 10.6 Å². The van der Waals surface area contributed by atoms with Crippen molar-refractivity contribution < 1.29 is 13.2 Å². The number of fused-ring (bicyclic) bond motifs is 1. The molecule has 2 aromatic rings. The first-order valence-corrected chi connectivity index (χ1v) is 9.59. The third-order valence-electron chi connectivity index (χ3n) is 4.32. The van der Waals surface area contributed by atoms with Gasteiger partial charge in [0, 0.05) is 24.5 Å². The molecule has 0 aliphatic carbocycles. The van der Waals surface area contributed by atoms with Gasteiger partial charge in [-0.2, -0.15) is 5.26 Å². The average Bonchev–Trinajstić information content (AvgIpc) is 2.91. The van der Waals surface area contributed by atoms with Gasteiger partial charge in [-0.1, -0.05) is 24.3 Å². The first-order chi connectivity index (χ1) is 12.8. The van der Waals surface area contributed by atoms with Gasteiger partial charge in [0.15, 0.2) is 0 Å². The minimum atomic E-state index is -3.79. The van der Waals surface area contributed by atoms with E-state index in [0.717, 1.165) is 5.56 Å². The summed E-state index contributed by atoms with van der Waals surface area (Å²) in [6.45, 7) is 5.41. The number of aromatic nitrogens is 1. The molecule has 2 N–H and O–H groups in total. The van der Waals surface area contributed by atoms with Gasteiger partial charge in [-0.3, -0.25) is 4.79 Å². The van der Waals surface area contributed by atoms with Gasteiger partial charge in [0.1, 0.15) is 10.6 Å². The molecule has 1 amide bonds.